The summed E-state index contributed by atoms with van der Waals surface area (Å²) in [6.07, 6.45) is 0. The molecular weight excluding hydrogens is 302 g/mol. The van der Waals surface area contributed by atoms with E-state index in [2.05, 4.69) is 10.1 Å². The van der Waals surface area contributed by atoms with E-state index in [-0.39, 0.29) is 23.4 Å². The largest absolute Gasteiger partial charge is 0.435 e. The number of nitrogens with one attached hydrogen (secondary N) is 1. The average Bonchev–Trinajstić information content (AvgIpc) is 2.44. The third-order valence-corrected chi connectivity index (χ3v) is 2.72. The van der Waals surface area contributed by atoms with Crippen LogP contribution in [0.5, 0.6) is 5.75 Å². The molecule has 0 fully saturated rings. The van der Waals surface area contributed by atoms with Gasteiger partial charge in [-0.2, -0.15) is 8.78 Å². The Morgan fingerprint density at radius 1 is 1.05 bits per heavy atom. The molecule has 3 nitrogen and oxygen atoms in total. The van der Waals surface area contributed by atoms with Crippen molar-refractivity contribution in [3.05, 3.63) is 65.2 Å². The Morgan fingerprint density at radius 3 is 2.18 bits per heavy atom. The van der Waals surface area contributed by atoms with Gasteiger partial charge in [0.2, 0.25) is 0 Å². The minimum atomic E-state index is -2.94. The first-order valence-electron chi connectivity index (χ1n) is 6.22. The molecule has 0 heterocycles. The predicted molar refractivity (Wildman–Crippen MR) is 70.6 cm³/mol. The van der Waals surface area contributed by atoms with Crippen LogP contribution in [0.25, 0.3) is 0 Å². The Balaban J connectivity index is 1.97. The first-order chi connectivity index (χ1) is 10.4. The van der Waals surface area contributed by atoms with Crippen molar-refractivity contribution in [1.82, 2.24) is 5.32 Å². The van der Waals surface area contributed by atoms with Crippen molar-refractivity contribution >= 4 is 5.91 Å². The predicted octanol–water partition coefficient (Wildman–Crippen LogP) is 3.50. The van der Waals surface area contributed by atoms with Gasteiger partial charge in [-0.05, 0) is 42.0 Å². The van der Waals surface area contributed by atoms with Gasteiger partial charge in [-0.1, -0.05) is 0 Å². The summed E-state index contributed by atoms with van der Waals surface area (Å²) in [6.45, 7) is -3.01. The first-order valence-corrected chi connectivity index (χ1v) is 6.22. The summed E-state index contributed by atoms with van der Waals surface area (Å²) in [4.78, 5) is 11.8. The van der Waals surface area contributed by atoms with Gasteiger partial charge in [-0.15, -0.1) is 0 Å². The highest BCUT2D eigenvalue weighted by Crippen LogP contribution is 2.15. The average molecular weight is 313 g/mol. The van der Waals surface area contributed by atoms with Crippen LogP contribution in [0, 0.1) is 11.6 Å². The van der Waals surface area contributed by atoms with Crippen LogP contribution in [0.15, 0.2) is 42.5 Å². The van der Waals surface area contributed by atoms with E-state index in [1.165, 1.54) is 24.3 Å². The number of hydrogen-bond acceptors (Lipinski definition) is 2. The van der Waals surface area contributed by atoms with Crippen LogP contribution in [0.2, 0.25) is 0 Å². The molecule has 0 atom stereocenters. The molecule has 0 aliphatic carbocycles. The quantitative estimate of drug-likeness (QED) is 0.858. The fourth-order valence-electron chi connectivity index (χ4n) is 1.79. The second kappa shape index (κ2) is 6.93. The van der Waals surface area contributed by atoms with Crippen LogP contribution in [-0.2, 0) is 6.54 Å². The number of rotatable bonds is 5. The summed E-state index contributed by atoms with van der Waals surface area (Å²) in [5.74, 6) is -2.05. The van der Waals surface area contributed by atoms with Gasteiger partial charge in [0.15, 0.2) is 0 Å². The fourth-order valence-corrected chi connectivity index (χ4v) is 1.79. The second-order valence-corrected chi connectivity index (χ2v) is 4.36. The number of halogens is 4. The molecular formula is C15H11F4NO2. The smallest absolute Gasteiger partial charge is 0.387 e. The minimum Gasteiger partial charge on any atom is -0.435 e. The summed E-state index contributed by atoms with van der Waals surface area (Å²) >= 11 is 0. The molecule has 22 heavy (non-hydrogen) atoms. The molecule has 0 bridgehead atoms. The van der Waals surface area contributed by atoms with Crippen LogP contribution in [0.1, 0.15) is 15.9 Å². The Bertz CT molecular complexity index is 639. The Morgan fingerprint density at radius 2 is 1.64 bits per heavy atom. The van der Waals surface area contributed by atoms with Crippen LogP contribution in [-0.4, -0.2) is 12.5 Å². The molecule has 2 aromatic carbocycles. The lowest BCUT2D eigenvalue weighted by Gasteiger charge is -2.07. The van der Waals surface area contributed by atoms with Crippen LogP contribution in [0.4, 0.5) is 17.6 Å². The molecule has 0 saturated heterocycles. The van der Waals surface area contributed by atoms with E-state index in [0.29, 0.717) is 0 Å². The van der Waals surface area contributed by atoms with E-state index in [1.807, 2.05) is 0 Å². The molecule has 0 spiro atoms. The highest BCUT2D eigenvalue weighted by atomic mass is 19.3. The Hall–Kier alpha value is -2.57. The molecule has 7 heteroatoms. The van der Waals surface area contributed by atoms with Crippen LogP contribution in [0.3, 0.4) is 0 Å². The lowest BCUT2D eigenvalue weighted by Crippen LogP contribution is -2.22. The van der Waals surface area contributed by atoms with E-state index in [9.17, 15) is 22.4 Å². The highest BCUT2D eigenvalue weighted by molar-refractivity contribution is 5.94. The Labute approximate surface area is 123 Å². The zero-order chi connectivity index (χ0) is 16.1. The van der Waals surface area contributed by atoms with Crippen molar-refractivity contribution in [3.8, 4) is 5.75 Å². The zero-order valence-electron chi connectivity index (χ0n) is 11.2. The maximum Gasteiger partial charge on any atom is 0.387 e. The Kier molecular flexibility index (Phi) is 4.98. The molecule has 1 amide bonds. The van der Waals surface area contributed by atoms with Gasteiger partial charge < -0.3 is 10.1 Å². The standard InChI is InChI=1S/C15H11F4NO2/c16-11-5-9(6-12(17)7-11)8-20-14(21)10-1-3-13(4-2-10)22-15(18)19/h1-7,15H,8H2,(H,20,21). The van der Waals surface area contributed by atoms with E-state index in [1.54, 1.807) is 0 Å². The summed E-state index contributed by atoms with van der Waals surface area (Å²) in [6, 6.07) is 7.99. The van der Waals surface area contributed by atoms with Crippen LogP contribution < -0.4 is 10.1 Å². The maximum absolute atomic E-state index is 13.0. The topological polar surface area (TPSA) is 38.3 Å². The molecule has 0 aliphatic heterocycles. The summed E-state index contributed by atoms with van der Waals surface area (Å²) in [7, 11) is 0. The van der Waals surface area contributed by atoms with Gasteiger partial charge in [-0.3, -0.25) is 4.79 Å². The number of alkyl halides is 2. The molecule has 116 valence electrons. The number of amides is 1. The molecule has 0 saturated carbocycles. The zero-order valence-corrected chi connectivity index (χ0v) is 11.2. The third kappa shape index (κ3) is 4.47. The number of benzene rings is 2. The van der Waals surface area contributed by atoms with Crippen molar-refractivity contribution < 1.29 is 27.1 Å². The number of ether oxygens (including phenoxy) is 1. The molecule has 2 rings (SSSR count). The molecule has 0 aromatic heterocycles. The lowest BCUT2D eigenvalue weighted by molar-refractivity contribution is -0.0498. The van der Waals surface area contributed by atoms with E-state index < -0.39 is 24.2 Å². The number of carbonyl (C=O) groups excluding carboxylic acids is 1. The molecule has 2 aromatic rings. The van der Waals surface area contributed by atoms with E-state index in [4.69, 9.17) is 0 Å². The fraction of sp³-hybridized carbons (Fsp3) is 0.133. The van der Waals surface area contributed by atoms with E-state index >= 15 is 0 Å². The molecule has 0 unspecified atom stereocenters. The first kappa shape index (κ1) is 15.8. The second-order valence-electron chi connectivity index (χ2n) is 4.36. The van der Waals surface area contributed by atoms with Gasteiger partial charge in [0.25, 0.3) is 5.91 Å². The van der Waals surface area contributed by atoms with Crippen molar-refractivity contribution in [1.29, 1.82) is 0 Å². The monoisotopic (exact) mass is 313 g/mol. The van der Waals surface area contributed by atoms with Gasteiger partial charge in [-0.25, -0.2) is 8.78 Å². The van der Waals surface area contributed by atoms with Crippen molar-refractivity contribution in [2.24, 2.45) is 0 Å². The summed E-state index contributed by atoms with van der Waals surface area (Å²) in [5, 5.41) is 2.47. The highest BCUT2D eigenvalue weighted by Gasteiger charge is 2.08. The van der Waals surface area contributed by atoms with Gasteiger partial charge in [0, 0.05) is 18.2 Å². The number of carbonyl (C=O) groups is 1. The van der Waals surface area contributed by atoms with Crippen molar-refractivity contribution in [3.63, 3.8) is 0 Å². The minimum absolute atomic E-state index is 0.0667. The lowest BCUT2D eigenvalue weighted by atomic mass is 10.2. The maximum atomic E-state index is 13.0. The van der Waals surface area contributed by atoms with Gasteiger partial charge >= 0.3 is 6.61 Å². The van der Waals surface area contributed by atoms with Gasteiger partial charge in [0.1, 0.15) is 17.4 Å². The SMILES string of the molecule is O=C(NCc1cc(F)cc(F)c1)c1ccc(OC(F)F)cc1. The molecule has 0 radical (unpaired) electrons. The van der Waals surface area contributed by atoms with Crippen molar-refractivity contribution in [2.75, 3.05) is 0 Å². The van der Waals surface area contributed by atoms with Gasteiger partial charge in [0.05, 0.1) is 0 Å². The molecule has 1 N–H and O–H groups in total. The molecule has 0 aliphatic rings. The number of hydrogen-bond donors (Lipinski definition) is 1. The summed E-state index contributed by atoms with van der Waals surface area (Å²) in [5.41, 5.74) is 0.474. The normalized spacial score (nSPS) is 10.6. The van der Waals surface area contributed by atoms with Crippen molar-refractivity contribution in [2.45, 2.75) is 13.2 Å². The van der Waals surface area contributed by atoms with E-state index in [0.717, 1.165) is 18.2 Å². The summed E-state index contributed by atoms with van der Waals surface area (Å²) < 4.78 is 54.1. The third-order valence-electron chi connectivity index (χ3n) is 2.72. The van der Waals surface area contributed by atoms with Crippen LogP contribution >= 0.6 is 0 Å².